The van der Waals surface area contributed by atoms with Gasteiger partial charge in [0, 0.05) is 22.2 Å². The number of anilines is 2. The van der Waals surface area contributed by atoms with Gasteiger partial charge in [0.2, 0.25) is 0 Å². The molecule has 0 saturated heterocycles. The molecule has 0 aromatic heterocycles. The molecule has 7 aromatic carbocycles. The van der Waals surface area contributed by atoms with Crippen LogP contribution in [0.4, 0.5) is 11.4 Å². The third kappa shape index (κ3) is 3.68. The molecule has 7 aromatic rings. The average Bonchev–Trinajstić information content (AvgIpc) is 3.43. The molecule has 45 heavy (non-hydrogen) atoms. The highest BCUT2D eigenvalue weighted by Gasteiger charge is 2.38. The molecule has 2 aliphatic carbocycles. The van der Waals surface area contributed by atoms with Gasteiger partial charge in [0.1, 0.15) is 0 Å². The molecule has 0 saturated carbocycles. The van der Waals surface area contributed by atoms with Gasteiger partial charge in [-0.05, 0) is 108 Å². The Labute approximate surface area is 265 Å². The van der Waals surface area contributed by atoms with Crippen LogP contribution in [-0.2, 0) is 10.8 Å². The normalized spacial score (nSPS) is 15.0. The zero-order chi connectivity index (χ0) is 30.5. The van der Waals surface area contributed by atoms with Gasteiger partial charge < -0.3 is 5.32 Å². The van der Waals surface area contributed by atoms with Crippen molar-refractivity contribution in [1.29, 1.82) is 0 Å². The number of rotatable bonds is 3. The van der Waals surface area contributed by atoms with E-state index in [2.05, 4.69) is 166 Å². The standard InChI is InChI=1S/C44H35N/c1-43(2)38-19-11-9-17-33(38)34-22-21-28(25-40(34)43)45-29-24-37(42-35-18-10-12-20-39(35)44(3,4)41(42)26-29)36-23-27-13-5-6-14-30(27)31-15-7-8-16-32(31)36/h5-26,45H,1-4H3. The summed E-state index contributed by atoms with van der Waals surface area (Å²) in [7, 11) is 0. The van der Waals surface area contributed by atoms with Crippen molar-refractivity contribution in [3.63, 3.8) is 0 Å². The number of nitrogens with one attached hydrogen (secondary N) is 1. The quantitative estimate of drug-likeness (QED) is 0.206. The number of hydrogen-bond acceptors (Lipinski definition) is 1. The summed E-state index contributed by atoms with van der Waals surface area (Å²) in [5, 5.41) is 9.03. The maximum Gasteiger partial charge on any atom is 0.0393 e. The van der Waals surface area contributed by atoms with E-state index in [1.54, 1.807) is 0 Å². The van der Waals surface area contributed by atoms with Crippen molar-refractivity contribution in [3.05, 3.63) is 156 Å². The highest BCUT2D eigenvalue weighted by molar-refractivity contribution is 6.15. The van der Waals surface area contributed by atoms with Crippen molar-refractivity contribution in [2.45, 2.75) is 38.5 Å². The van der Waals surface area contributed by atoms with E-state index >= 15 is 0 Å². The number of fused-ring (bicyclic) bond motifs is 9. The van der Waals surface area contributed by atoms with Crippen LogP contribution in [0.1, 0.15) is 49.9 Å². The summed E-state index contributed by atoms with van der Waals surface area (Å²) < 4.78 is 0. The Bertz CT molecular complexity index is 2350. The van der Waals surface area contributed by atoms with Gasteiger partial charge in [-0.15, -0.1) is 0 Å². The number of benzene rings is 7. The highest BCUT2D eigenvalue weighted by atomic mass is 14.9. The second-order valence-corrected chi connectivity index (χ2v) is 13.9. The van der Waals surface area contributed by atoms with E-state index in [-0.39, 0.29) is 10.8 Å². The predicted octanol–water partition coefficient (Wildman–Crippen LogP) is 12.0. The molecule has 0 heterocycles. The highest BCUT2D eigenvalue weighted by Crippen LogP contribution is 2.55. The largest absolute Gasteiger partial charge is 0.355 e. The van der Waals surface area contributed by atoms with Crippen molar-refractivity contribution in [2.75, 3.05) is 5.32 Å². The van der Waals surface area contributed by atoms with E-state index in [1.807, 2.05) is 0 Å². The van der Waals surface area contributed by atoms with Gasteiger partial charge in [-0.3, -0.25) is 0 Å². The molecule has 0 spiro atoms. The summed E-state index contributed by atoms with van der Waals surface area (Å²) in [6, 6.07) is 49.6. The minimum absolute atomic E-state index is 0.0413. The minimum atomic E-state index is -0.118. The zero-order valence-electron chi connectivity index (χ0n) is 26.2. The van der Waals surface area contributed by atoms with Gasteiger partial charge in [0.25, 0.3) is 0 Å². The fourth-order valence-electron chi connectivity index (χ4n) is 8.33. The third-order valence-electron chi connectivity index (χ3n) is 10.6. The first-order chi connectivity index (χ1) is 21.8. The molecule has 9 rings (SSSR count). The lowest BCUT2D eigenvalue weighted by Crippen LogP contribution is -2.15. The molecule has 0 bridgehead atoms. The summed E-state index contributed by atoms with van der Waals surface area (Å²) in [5.74, 6) is 0. The maximum absolute atomic E-state index is 3.89. The van der Waals surface area contributed by atoms with Crippen LogP contribution in [0.15, 0.2) is 133 Å². The number of hydrogen-bond donors (Lipinski definition) is 1. The molecule has 0 unspecified atom stereocenters. The molecular weight excluding hydrogens is 542 g/mol. The Balaban J connectivity index is 1.27. The van der Waals surface area contributed by atoms with E-state index in [0.29, 0.717) is 0 Å². The molecule has 0 atom stereocenters. The monoisotopic (exact) mass is 577 g/mol. The van der Waals surface area contributed by atoms with Crippen LogP contribution >= 0.6 is 0 Å². The Morgan fingerprint density at radius 3 is 1.76 bits per heavy atom. The third-order valence-corrected chi connectivity index (χ3v) is 10.6. The Morgan fingerprint density at radius 2 is 0.956 bits per heavy atom. The fourth-order valence-corrected chi connectivity index (χ4v) is 8.33. The SMILES string of the molecule is CC1(C)c2ccccc2-c2ccc(Nc3cc(-c4cc5ccccc5c5ccccc45)c4c(c3)C(C)(C)c3ccccc3-4)cc21. The van der Waals surface area contributed by atoms with Gasteiger partial charge in [-0.2, -0.15) is 0 Å². The molecule has 216 valence electrons. The smallest absolute Gasteiger partial charge is 0.0393 e. The molecule has 1 heteroatoms. The van der Waals surface area contributed by atoms with Crippen LogP contribution in [0.25, 0.3) is 54.9 Å². The summed E-state index contributed by atoms with van der Waals surface area (Å²) in [6.07, 6.45) is 0. The average molecular weight is 578 g/mol. The molecular formula is C44H35N. The van der Waals surface area contributed by atoms with Crippen molar-refractivity contribution in [3.8, 4) is 33.4 Å². The Hall–Kier alpha value is -5.14. The van der Waals surface area contributed by atoms with Crippen molar-refractivity contribution >= 4 is 32.9 Å². The lowest BCUT2D eigenvalue weighted by atomic mass is 9.81. The first-order valence-electron chi connectivity index (χ1n) is 16.0. The van der Waals surface area contributed by atoms with E-state index < -0.39 is 0 Å². The van der Waals surface area contributed by atoms with E-state index in [1.165, 1.54) is 77.2 Å². The Morgan fingerprint density at radius 1 is 0.378 bits per heavy atom. The molecule has 0 fully saturated rings. The lowest BCUT2D eigenvalue weighted by molar-refractivity contribution is 0.660. The van der Waals surface area contributed by atoms with Crippen LogP contribution in [0, 0.1) is 0 Å². The summed E-state index contributed by atoms with van der Waals surface area (Å²) in [4.78, 5) is 0. The second-order valence-electron chi connectivity index (χ2n) is 13.9. The van der Waals surface area contributed by atoms with Gasteiger partial charge in [-0.25, -0.2) is 0 Å². The first-order valence-corrected chi connectivity index (χ1v) is 16.0. The molecule has 0 amide bonds. The lowest BCUT2D eigenvalue weighted by Gasteiger charge is -2.24. The Kier molecular flexibility index (Phi) is 5.37. The summed E-state index contributed by atoms with van der Waals surface area (Å²) >= 11 is 0. The minimum Gasteiger partial charge on any atom is -0.355 e. The van der Waals surface area contributed by atoms with Crippen LogP contribution in [0.2, 0.25) is 0 Å². The molecule has 0 aliphatic heterocycles. The molecule has 1 N–H and O–H groups in total. The van der Waals surface area contributed by atoms with Crippen LogP contribution in [-0.4, -0.2) is 0 Å². The van der Waals surface area contributed by atoms with Crippen LogP contribution in [0.3, 0.4) is 0 Å². The van der Waals surface area contributed by atoms with E-state index in [4.69, 9.17) is 0 Å². The van der Waals surface area contributed by atoms with Gasteiger partial charge in [-0.1, -0.05) is 131 Å². The fraction of sp³-hybridized carbons (Fsp3) is 0.136. The first kappa shape index (κ1) is 26.3. The summed E-state index contributed by atoms with van der Waals surface area (Å²) in [5.41, 5.74) is 15.6. The summed E-state index contributed by atoms with van der Waals surface area (Å²) in [6.45, 7) is 9.44. The van der Waals surface area contributed by atoms with E-state index in [0.717, 1.165) is 11.4 Å². The molecule has 2 aliphatic rings. The maximum atomic E-state index is 3.89. The molecule has 1 nitrogen and oxygen atoms in total. The van der Waals surface area contributed by atoms with Crippen molar-refractivity contribution in [2.24, 2.45) is 0 Å². The van der Waals surface area contributed by atoms with Crippen LogP contribution in [0.5, 0.6) is 0 Å². The predicted molar refractivity (Wildman–Crippen MR) is 192 cm³/mol. The zero-order valence-corrected chi connectivity index (χ0v) is 26.2. The van der Waals surface area contributed by atoms with E-state index in [9.17, 15) is 0 Å². The van der Waals surface area contributed by atoms with Gasteiger partial charge >= 0.3 is 0 Å². The van der Waals surface area contributed by atoms with Gasteiger partial charge in [0.05, 0.1) is 0 Å². The van der Waals surface area contributed by atoms with Gasteiger partial charge in [0.15, 0.2) is 0 Å². The topological polar surface area (TPSA) is 12.0 Å². The van der Waals surface area contributed by atoms with Crippen molar-refractivity contribution < 1.29 is 0 Å². The molecule has 0 radical (unpaired) electrons. The van der Waals surface area contributed by atoms with Crippen molar-refractivity contribution in [1.82, 2.24) is 0 Å². The second kappa shape index (κ2) is 9.19. The van der Waals surface area contributed by atoms with Crippen LogP contribution < -0.4 is 5.32 Å².